The lowest BCUT2D eigenvalue weighted by Crippen LogP contribution is -2.13. The highest BCUT2D eigenvalue weighted by atomic mass is 15.3. The van der Waals surface area contributed by atoms with Crippen LogP contribution < -0.4 is 0 Å². The SMILES string of the molecule is Cn1nc(C(C)(C)C)c2ccc(C(C)(C)C)cc21. The van der Waals surface area contributed by atoms with Crippen LogP contribution in [0.4, 0.5) is 0 Å². The fourth-order valence-corrected chi connectivity index (χ4v) is 2.28. The fraction of sp³-hybridized carbons (Fsp3) is 0.562. The van der Waals surface area contributed by atoms with Gasteiger partial charge >= 0.3 is 0 Å². The summed E-state index contributed by atoms with van der Waals surface area (Å²) in [5, 5.41) is 5.98. The average molecular weight is 244 g/mol. The van der Waals surface area contributed by atoms with E-state index in [0.717, 1.165) is 0 Å². The molecule has 0 unspecified atom stereocenters. The van der Waals surface area contributed by atoms with E-state index in [1.165, 1.54) is 22.2 Å². The van der Waals surface area contributed by atoms with Crippen molar-refractivity contribution in [3.05, 3.63) is 29.5 Å². The zero-order valence-corrected chi connectivity index (χ0v) is 12.6. The predicted molar refractivity (Wildman–Crippen MR) is 78.1 cm³/mol. The van der Waals surface area contributed by atoms with Crippen LogP contribution in [0.1, 0.15) is 52.8 Å². The molecule has 18 heavy (non-hydrogen) atoms. The zero-order valence-electron chi connectivity index (χ0n) is 12.6. The summed E-state index contributed by atoms with van der Waals surface area (Å²) < 4.78 is 2.01. The van der Waals surface area contributed by atoms with Crippen LogP contribution in [-0.2, 0) is 17.9 Å². The molecule has 0 aliphatic rings. The van der Waals surface area contributed by atoms with Crippen molar-refractivity contribution in [1.29, 1.82) is 0 Å². The molecule has 0 N–H and O–H groups in total. The van der Waals surface area contributed by atoms with E-state index in [2.05, 4.69) is 59.7 Å². The predicted octanol–water partition coefficient (Wildman–Crippen LogP) is 4.17. The number of aromatic nitrogens is 2. The van der Waals surface area contributed by atoms with Crippen LogP contribution in [0.15, 0.2) is 18.2 Å². The van der Waals surface area contributed by atoms with Crippen LogP contribution in [0.2, 0.25) is 0 Å². The molecule has 1 aromatic carbocycles. The first kappa shape index (κ1) is 13.1. The molecule has 0 radical (unpaired) electrons. The van der Waals surface area contributed by atoms with E-state index >= 15 is 0 Å². The highest BCUT2D eigenvalue weighted by molar-refractivity contribution is 5.83. The fourth-order valence-electron chi connectivity index (χ4n) is 2.28. The Morgan fingerprint density at radius 2 is 1.56 bits per heavy atom. The van der Waals surface area contributed by atoms with Gasteiger partial charge in [0, 0.05) is 17.8 Å². The van der Waals surface area contributed by atoms with Gasteiger partial charge in [0.25, 0.3) is 0 Å². The Balaban J connectivity index is 2.71. The van der Waals surface area contributed by atoms with Crippen molar-refractivity contribution in [2.24, 2.45) is 7.05 Å². The van der Waals surface area contributed by atoms with Crippen LogP contribution in [-0.4, -0.2) is 9.78 Å². The molecular formula is C16H24N2. The minimum Gasteiger partial charge on any atom is -0.268 e. The monoisotopic (exact) mass is 244 g/mol. The third kappa shape index (κ3) is 2.16. The lowest BCUT2D eigenvalue weighted by atomic mass is 9.85. The zero-order chi connectivity index (χ0) is 13.7. The van der Waals surface area contributed by atoms with Gasteiger partial charge in [-0.2, -0.15) is 5.10 Å². The largest absolute Gasteiger partial charge is 0.268 e. The van der Waals surface area contributed by atoms with Crippen molar-refractivity contribution < 1.29 is 0 Å². The molecule has 0 fully saturated rings. The Hall–Kier alpha value is -1.31. The number of benzene rings is 1. The molecule has 0 bridgehead atoms. The van der Waals surface area contributed by atoms with Crippen LogP contribution in [0.5, 0.6) is 0 Å². The molecule has 2 aromatic rings. The number of hydrogen-bond acceptors (Lipinski definition) is 1. The first-order chi connectivity index (χ1) is 8.10. The van der Waals surface area contributed by atoms with Gasteiger partial charge in [-0.3, -0.25) is 4.68 Å². The van der Waals surface area contributed by atoms with E-state index in [1.807, 2.05) is 11.7 Å². The highest BCUT2D eigenvalue weighted by Gasteiger charge is 2.23. The van der Waals surface area contributed by atoms with Gasteiger partial charge in [-0.05, 0) is 17.0 Å². The number of hydrogen-bond donors (Lipinski definition) is 0. The van der Waals surface area contributed by atoms with Crippen LogP contribution >= 0.6 is 0 Å². The third-order valence-electron chi connectivity index (χ3n) is 3.43. The lowest BCUT2D eigenvalue weighted by molar-refractivity contribution is 0.558. The van der Waals surface area contributed by atoms with Crippen molar-refractivity contribution in [1.82, 2.24) is 9.78 Å². The van der Waals surface area contributed by atoms with Gasteiger partial charge in [-0.25, -0.2) is 0 Å². The summed E-state index contributed by atoms with van der Waals surface area (Å²) in [7, 11) is 2.03. The quantitative estimate of drug-likeness (QED) is 0.680. The second kappa shape index (κ2) is 3.84. The van der Waals surface area contributed by atoms with Gasteiger partial charge in [-0.1, -0.05) is 53.7 Å². The van der Waals surface area contributed by atoms with Crippen LogP contribution in [0.3, 0.4) is 0 Å². The van der Waals surface area contributed by atoms with Crippen molar-refractivity contribution in [2.75, 3.05) is 0 Å². The molecule has 0 aliphatic heterocycles. The van der Waals surface area contributed by atoms with E-state index in [4.69, 9.17) is 5.10 Å². The first-order valence-electron chi connectivity index (χ1n) is 6.58. The van der Waals surface area contributed by atoms with E-state index in [1.54, 1.807) is 0 Å². The lowest BCUT2D eigenvalue weighted by Gasteiger charge is -2.19. The van der Waals surface area contributed by atoms with E-state index in [-0.39, 0.29) is 10.8 Å². The molecule has 0 aliphatic carbocycles. The van der Waals surface area contributed by atoms with Crippen LogP contribution in [0, 0.1) is 0 Å². The Morgan fingerprint density at radius 1 is 0.944 bits per heavy atom. The van der Waals surface area contributed by atoms with E-state index < -0.39 is 0 Å². The normalized spacial score (nSPS) is 13.3. The molecule has 0 saturated heterocycles. The highest BCUT2D eigenvalue weighted by Crippen LogP contribution is 2.32. The molecule has 98 valence electrons. The summed E-state index contributed by atoms with van der Waals surface area (Å²) in [5.41, 5.74) is 4.04. The standard InChI is InChI=1S/C16H24N2/c1-15(2,3)11-8-9-12-13(10-11)18(7)17-14(12)16(4,5)6/h8-10H,1-7H3. The van der Waals surface area contributed by atoms with Gasteiger partial charge in [-0.15, -0.1) is 0 Å². The maximum atomic E-state index is 4.70. The summed E-state index contributed by atoms with van der Waals surface area (Å²) in [6.45, 7) is 13.4. The Bertz CT molecular complexity index is 577. The molecule has 2 rings (SSSR count). The van der Waals surface area contributed by atoms with Crippen molar-refractivity contribution in [3.63, 3.8) is 0 Å². The Kier molecular flexibility index (Phi) is 2.80. The molecule has 0 saturated carbocycles. The van der Waals surface area contributed by atoms with E-state index in [0.29, 0.717) is 0 Å². The summed E-state index contributed by atoms with van der Waals surface area (Å²) in [5.74, 6) is 0. The maximum absolute atomic E-state index is 4.70. The van der Waals surface area contributed by atoms with Crippen molar-refractivity contribution in [2.45, 2.75) is 52.4 Å². The summed E-state index contributed by atoms with van der Waals surface area (Å²) in [6, 6.07) is 6.74. The third-order valence-corrected chi connectivity index (χ3v) is 3.43. The van der Waals surface area contributed by atoms with E-state index in [9.17, 15) is 0 Å². The van der Waals surface area contributed by atoms with Crippen molar-refractivity contribution >= 4 is 10.9 Å². The molecule has 2 nitrogen and oxygen atoms in total. The number of aryl methyl sites for hydroxylation is 1. The molecule has 1 heterocycles. The molecule has 0 spiro atoms. The van der Waals surface area contributed by atoms with Gasteiger partial charge < -0.3 is 0 Å². The minimum atomic E-state index is 0.0861. The van der Waals surface area contributed by atoms with Crippen LogP contribution in [0.25, 0.3) is 10.9 Å². The Labute approximate surface area is 110 Å². The van der Waals surface area contributed by atoms with Gasteiger partial charge in [0.05, 0.1) is 11.2 Å². The van der Waals surface area contributed by atoms with Crippen molar-refractivity contribution in [3.8, 4) is 0 Å². The van der Waals surface area contributed by atoms with Gasteiger partial charge in [0.2, 0.25) is 0 Å². The topological polar surface area (TPSA) is 17.8 Å². The molecule has 0 amide bonds. The minimum absolute atomic E-state index is 0.0861. The average Bonchev–Trinajstić information content (AvgIpc) is 2.54. The molecule has 2 heteroatoms. The second-order valence-corrected chi connectivity index (χ2v) is 7.20. The summed E-state index contributed by atoms with van der Waals surface area (Å²) in [4.78, 5) is 0. The molecule has 1 aromatic heterocycles. The Morgan fingerprint density at radius 3 is 2.06 bits per heavy atom. The van der Waals surface area contributed by atoms with Gasteiger partial charge in [0.1, 0.15) is 0 Å². The first-order valence-corrected chi connectivity index (χ1v) is 6.58. The smallest absolute Gasteiger partial charge is 0.0756 e. The number of fused-ring (bicyclic) bond motifs is 1. The summed E-state index contributed by atoms with van der Waals surface area (Å²) in [6.07, 6.45) is 0. The van der Waals surface area contributed by atoms with Gasteiger partial charge in [0.15, 0.2) is 0 Å². The second-order valence-electron chi connectivity index (χ2n) is 7.20. The number of nitrogens with zero attached hydrogens (tertiary/aromatic N) is 2. The molecular weight excluding hydrogens is 220 g/mol. The summed E-state index contributed by atoms with van der Waals surface area (Å²) >= 11 is 0. The maximum Gasteiger partial charge on any atom is 0.0756 e. The molecule has 0 atom stereocenters. The number of rotatable bonds is 0.